The summed E-state index contributed by atoms with van der Waals surface area (Å²) in [6.07, 6.45) is -0.0945. The largest absolute Gasteiger partial charge is 0.506 e. The van der Waals surface area contributed by atoms with Gasteiger partial charge in [0.05, 0.1) is 5.52 Å². The normalized spacial score (nSPS) is 12.3. The molecule has 128 valence electrons. The lowest BCUT2D eigenvalue weighted by Gasteiger charge is -2.14. The zero-order chi connectivity index (χ0) is 18.1. The van der Waals surface area contributed by atoms with Crippen LogP contribution in [-0.2, 0) is 7.05 Å². The van der Waals surface area contributed by atoms with Crippen LogP contribution in [0.1, 0.15) is 28.4 Å². The molecular weight excluding hydrogens is 340 g/mol. The maximum atomic E-state index is 12.7. The van der Waals surface area contributed by atoms with Crippen LogP contribution in [0, 0.1) is 0 Å². The van der Waals surface area contributed by atoms with E-state index in [2.05, 4.69) is 0 Å². The van der Waals surface area contributed by atoms with Gasteiger partial charge in [0.15, 0.2) is 5.78 Å². The van der Waals surface area contributed by atoms with Gasteiger partial charge in [-0.05, 0) is 29.8 Å². The summed E-state index contributed by atoms with van der Waals surface area (Å²) in [6, 6.07) is 13.1. The third-order valence-corrected chi connectivity index (χ3v) is 4.51. The maximum Gasteiger partial charge on any atom is 0.265 e. The number of fused-ring (bicyclic) bond motifs is 1. The number of hydrogen-bond donors (Lipinski definition) is 2. The van der Waals surface area contributed by atoms with E-state index in [0.29, 0.717) is 15.9 Å². The number of aromatic nitrogens is 1. The van der Waals surface area contributed by atoms with Crippen molar-refractivity contribution in [3.05, 3.63) is 75.0 Å². The van der Waals surface area contributed by atoms with Crippen LogP contribution in [0.5, 0.6) is 5.75 Å². The molecule has 6 heteroatoms. The smallest absolute Gasteiger partial charge is 0.265 e. The third kappa shape index (κ3) is 3.16. The molecule has 1 atom stereocenters. The molecule has 0 aliphatic carbocycles. The zero-order valence-corrected chi connectivity index (χ0v) is 14.3. The fraction of sp³-hybridized carbons (Fsp3) is 0.158. The molecule has 0 aliphatic rings. The Morgan fingerprint density at radius 3 is 2.52 bits per heavy atom. The fourth-order valence-electron chi connectivity index (χ4n) is 2.86. The van der Waals surface area contributed by atoms with Crippen molar-refractivity contribution in [2.24, 2.45) is 12.8 Å². The number of benzene rings is 2. The number of nitrogens with two attached hydrogens (primary N) is 1. The molecule has 0 spiro atoms. The summed E-state index contributed by atoms with van der Waals surface area (Å²) in [5, 5.41) is 11.5. The minimum atomic E-state index is -0.597. The molecule has 5 nitrogen and oxygen atoms in total. The molecule has 0 fully saturated rings. The van der Waals surface area contributed by atoms with Crippen molar-refractivity contribution in [1.29, 1.82) is 0 Å². The molecule has 3 aromatic rings. The molecule has 0 bridgehead atoms. The number of pyridine rings is 1. The van der Waals surface area contributed by atoms with Crippen LogP contribution in [0.25, 0.3) is 10.9 Å². The van der Waals surface area contributed by atoms with Gasteiger partial charge in [-0.15, -0.1) is 0 Å². The summed E-state index contributed by atoms with van der Waals surface area (Å²) >= 11 is 5.85. The number of carbonyl (C=O) groups excluding carboxylic acids is 1. The molecule has 1 aromatic heterocycles. The number of halogens is 1. The predicted octanol–water partition coefficient (Wildman–Crippen LogP) is 3.17. The summed E-state index contributed by atoms with van der Waals surface area (Å²) in [5.41, 5.74) is 6.60. The topological polar surface area (TPSA) is 85.3 Å². The number of carbonyl (C=O) groups is 1. The Kier molecular flexibility index (Phi) is 4.61. The van der Waals surface area contributed by atoms with E-state index in [-0.39, 0.29) is 17.7 Å². The van der Waals surface area contributed by atoms with Crippen LogP contribution in [-0.4, -0.2) is 15.5 Å². The van der Waals surface area contributed by atoms with Gasteiger partial charge in [-0.25, -0.2) is 0 Å². The highest BCUT2D eigenvalue weighted by Crippen LogP contribution is 2.28. The van der Waals surface area contributed by atoms with Crippen molar-refractivity contribution in [3.8, 4) is 5.75 Å². The molecule has 2 aromatic carbocycles. The number of hydrogen-bond acceptors (Lipinski definition) is 4. The summed E-state index contributed by atoms with van der Waals surface area (Å²) in [5.74, 6) is -0.793. The Balaban J connectivity index is 2.00. The molecular formula is C19H17ClN2O3. The molecule has 0 amide bonds. The van der Waals surface area contributed by atoms with E-state index in [0.717, 1.165) is 5.56 Å². The van der Waals surface area contributed by atoms with Crippen LogP contribution in [0.15, 0.2) is 53.3 Å². The first kappa shape index (κ1) is 17.2. The quantitative estimate of drug-likeness (QED) is 0.703. The Bertz CT molecular complexity index is 1010. The lowest BCUT2D eigenvalue weighted by atomic mass is 9.97. The highest BCUT2D eigenvalue weighted by molar-refractivity contribution is 6.30. The number of ketones is 1. The van der Waals surface area contributed by atoms with E-state index in [4.69, 9.17) is 17.3 Å². The standard InChI is InChI=1S/C19H17ClN2O3/c1-22-15-5-3-2-4-13(15)18(24)17(19(22)25)16(23)10-14(21)11-6-8-12(20)9-7-11/h2-9,14,24H,10,21H2,1H3/t14-/m0/s1. The second-order valence-electron chi connectivity index (χ2n) is 5.89. The molecule has 0 unspecified atom stereocenters. The number of Topliss-reactive ketones (excluding diaryl/α,β-unsaturated/α-hetero) is 1. The van der Waals surface area contributed by atoms with Crippen molar-refractivity contribution < 1.29 is 9.90 Å². The van der Waals surface area contributed by atoms with E-state index < -0.39 is 17.4 Å². The van der Waals surface area contributed by atoms with Crippen molar-refractivity contribution in [2.75, 3.05) is 0 Å². The van der Waals surface area contributed by atoms with E-state index in [1.807, 2.05) is 0 Å². The fourth-order valence-corrected chi connectivity index (χ4v) is 2.99. The average Bonchev–Trinajstić information content (AvgIpc) is 2.60. The van der Waals surface area contributed by atoms with Gasteiger partial charge in [-0.1, -0.05) is 35.9 Å². The van der Waals surface area contributed by atoms with Crippen LogP contribution >= 0.6 is 11.6 Å². The van der Waals surface area contributed by atoms with Crippen LogP contribution in [0.2, 0.25) is 5.02 Å². The Morgan fingerprint density at radius 2 is 1.84 bits per heavy atom. The van der Waals surface area contributed by atoms with Crippen molar-refractivity contribution in [2.45, 2.75) is 12.5 Å². The summed E-state index contributed by atoms with van der Waals surface area (Å²) in [4.78, 5) is 25.2. The lowest BCUT2D eigenvalue weighted by Crippen LogP contribution is -2.27. The zero-order valence-electron chi connectivity index (χ0n) is 13.6. The number of nitrogens with zero attached hydrogens (tertiary/aromatic N) is 1. The summed E-state index contributed by atoms with van der Waals surface area (Å²) in [6.45, 7) is 0. The van der Waals surface area contributed by atoms with E-state index in [9.17, 15) is 14.7 Å². The van der Waals surface area contributed by atoms with E-state index >= 15 is 0 Å². The van der Waals surface area contributed by atoms with Gasteiger partial charge in [0.2, 0.25) is 0 Å². The number of para-hydroxylation sites is 1. The molecule has 0 saturated heterocycles. The number of aromatic hydroxyl groups is 1. The van der Waals surface area contributed by atoms with Gasteiger partial charge in [0, 0.05) is 29.9 Å². The second-order valence-corrected chi connectivity index (χ2v) is 6.33. The molecule has 3 rings (SSSR count). The highest BCUT2D eigenvalue weighted by atomic mass is 35.5. The Morgan fingerprint density at radius 1 is 1.20 bits per heavy atom. The predicted molar refractivity (Wildman–Crippen MR) is 98.2 cm³/mol. The third-order valence-electron chi connectivity index (χ3n) is 4.26. The van der Waals surface area contributed by atoms with Gasteiger partial charge in [-0.3, -0.25) is 9.59 Å². The minimum Gasteiger partial charge on any atom is -0.506 e. The van der Waals surface area contributed by atoms with Gasteiger partial charge in [0.1, 0.15) is 11.3 Å². The van der Waals surface area contributed by atoms with Crippen molar-refractivity contribution in [3.63, 3.8) is 0 Å². The van der Waals surface area contributed by atoms with Crippen LogP contribution in [0.4, 0.5) is 0 Å². The first-order valence-electron chi connectivity index (χ1n) is 7.75. The van der Waals surface area contributed by atoms with Gasteiger partial charge >= 0.3 is 0 Å². The molecule has 1 heterocycles. The maximum absolute atomic E-state index is 12.7. The second kappa shape index (κ2) is 6.70. The Labute approximate surface area is 149 Å². The van der Waals surface area contributed by atoms with Crippen LogP contribution < -0.4 is 11.3 Å². The van der Waals surface area contributed by atoms with Gasteiger partial charge in [0.25, 0.3) is 5.56 Å². The van der Waals surface area contributed by atoms with Crippen molar-refractivity contribution in [1.82, 2.24) is 4.57 Å². The van der Waals surface area contributed by atoms with Crippen molar-refractivity contribution >= 4 is 28.3 Å². The molecule has 0 radical (unpaired) electrons. The Hall–Kier alpha value is -2.63. The molecule has 3 N–H and O–H groups in total. The average molecular weight is 357 g/mol. The molecule has 25 heavy (non-hydrogen) atoms. The van der Waals surface area contributed by atoms with Gasteiger partial charge in [-0.2, -0.15) is 0 Å². The SMILES string of the molecule is Cn1c(=O)c(C(=O)C[C@H](N)c2ccc(Cl)cc2)c(O)c2ccccc21. The van der Waals surface area contributed by atoms with E-state index in [1.165, 1.54) is 4.57 Å². The first-order chi connectivity index (χ1) is 11.9. The van der Waals surface area contributed by atoms with Crippen LogP contribution in [0.3, 0.4) is 0 Å². The lowest BCUT2D eigenvalue weighted by molar-refractivity contribution is 0.0970. The minimum absolute atomic E-state index is 0.0945. The van der Waals surface area contributed by atoms with Gasteiger partial charge < -0.3 is 15.4 Å². The monoisotopic (exact) mass is 356 g/mol. The summed E-state index contributed by atoms with van der Waals surface area (Å²) < 4.78 is 1.36. The van der Waals surface area contributed by atoms with E-state index in [1.54, 1.807) is 55.6 Å². The highest BCUT2D eigenvalue weighted by Gasteiger charge is 2.23. The number of rotatable bonds is 4. The first-order valence-corrected chi connectivity index (χ1v) is 8.13. The number of aryl methyl sites for hydroxylation is 1. The molecule has 0 saturated carbocycles. The molecule has 0 aliphatic heterocycles. The summed E-state index contributed by atoms with van der Waals surface area (Å²) in [7, 11) is 1.57.